The SMILES string of the molecule is CCOc1c(Cl)cc(CNC(=NC)NCC(C)Oc2ccccc2OC)cc1OC. The molecule has 30 heavy (non-hydrogen) atoms. The molecule has 0 aromatic heterocycles. The van der Waals surface area contributed by atoms with Crippen molar-refractivity contribution in [2.45, 2.75) is 26.5 Å². The number of methoxy groups -OCH3 is 2. The average molecular weight is 436 g/mol. The molecular weight excluding hydrogens is 406 g/mol. The van der Waals surface area contributed by atoms with Crippen molar-refractivity contribution in [3.63, 3.8) is 0 Å². The molecule has 1 atom stereocenters. The number of aliphatic imine (C=N–C) groups is 1. The molecule has 164 valence electrons. The zero-order valence-electron chi connectivity index (χ0n) is 18.1. The number of guanidine groups is 1. The molecule has 0 bridgehead atoms. The fourth-order valence-electron chi connectivity index (χ4n) is 2.78. The van der Waals surface area contributed by atoms with Crippen LogP contribution in [0.1, 0.15) is 19.4 Å². The molecule has 2 aromatic carbocycles. The van der Waals surface area contributed by atoms with E-state index in [1.807, 2.05) is 50.2 Å². The van der Waals surface area contributed by atoms with Crippen LogP contribution < -0.4 is 29.6 Å². The first-order chi connectivity index (χ1) is 14.5. The standard InChI is InChI=1S/C22H30ClN3O4/c1-6-29-21-17(23)11-16(12-20(21)28-5)14-26-22(24-3)25-13-15(2)30-19-10-8-7-9-18(19)27-4/h7-12,15H,6,13-14H2,1-5H3,(H2,24,25,26). The molecule has 7 nitrogen and oxygen atoms in total. The third kappa shape index (κ3) is 6.62. The van der Waals surface area contributed by atoms with Crippen LogP contribution in [0, 0.1) is 0 Å². The Kier molecular flexibility index (Phi) is 9.41. The minimum Gasteiger partial charge on any atom is -0.493 e. The van der Waals surface area contributed by atoms with Crippen molar-refractivity contribution in [3.05, 3.63) is 47.0 Å². The first-order valence-electron chi connectivity index (χ1n) is 9.75. The highest BCUT2D eigenvalue weighted by Crippen LogP contribution is 2.36. The average Bonchev–Trinajstić information content (AvgIpc) is 2.75. The van der Waals surface area contributed by atoms with E-state index in [9.17, 15) is 0 Å². The molecular formula is C22H30ClN3O4. The van der Waals surface area contributed by atoms with E-state index in [0.717, 1.165) is 5.56 Å². The Hall–Kier alpha value is -2.80. The Morgan fingerprint density at radius 3 is 2.40 bits per heavy atom. The summed E-state index contributed by atoms with van der Waals surface area (Å²) < 4.78 is 22.2. The number of nitrogens with one attached hydrogen (secondary N) is 2. The van der Waals surface area contributed by atoms with Crippen molar-refractivity contribution in [3.8, 4) is 23.0 Å². The molecule has 2 rings (SSSR count). The molecule has 0 spiro atoms. The molecule has 2 N–H and O–H groups in total. The molecule has 0 aliphatic carbocycles. The molecule has 0 aliphatic rings. The fourth-order valence-corrected chi connectivity index (χ4v) is 3.07. The Bertz CT molecular complexity index is 845. The van der Waals surface area contributed by atoms with Crippen LogP contribution in [0.5, 0.6) is 23.0 Å². The lowest BCUT2D eigenvalue weighted by atomic mass is 10.2. The Morgan fingerprint density at radius 1 is 1.07 bits per heavy atom. The fraction of sp³-hybridized carbons (Fsp3) is 0.409. The predicted octanol–water partition coefficient (Wildman–Crippen LogP) is 3.89. The van der Waals surface area contributed by atoms with Crippen LogP contribution >= 0.6 is 11.6 Å². The third-order valence-electron chi connectivity index (χ3n) is 4.22. The summed E-state index contributed by atoms with van der Waals surface area (Å²) in [6.45, 7) is 5.47. The number of rotatable bonds is 10. The van der Waals surface area contributed by atoms with Gasteiger partial charge in [0.2, 0.25) is 0 Å². The summed E-state index contributed by atoms with van der Waals surface area (Å²) in [5.41, 5.74) is 0.946. The monoisotopic (exact) mass is 435 g/mol. The second-order valence-corrected chi connectivity index (χ2v) is 6.84. The highest BCUT2D eigenvalue weighted by atomic mass is 35.5. The number of hydrogen-bond acceptors (Lipinski definition) is 5. The molecule has 0 aliphatic heterocycles. The van der Waals surface area contributed by atoms with Crippen LogP contribution in [0.4, 0.5) is 0 Å². The van der Waals surface area contributed by atoms with E-state index in [2.05, 4.69) is 15.6 Å². The van der Waals surface area contributed by atoms with Gasteiger partial charge in [-0.25, -0.2) is 0 Å². The highest BCUT2D eigenvalue weighted by Gasteiger charge is 2.13. The van der Waals surface area contributed by atoms with E-state index in [4.69, 9.17) is 30.5 Å². The molecule has 0 saturated carbocycles. The number of nitrogens with zero attached hydrogens (tertiary/aromatic N) is 1. The van der Waals surface area contributed by atoms with Crippen LogP contribution in [0.25, 0.3) is 0 Å². The van der Waals surface area contributed by atoms with Crippen LogP contribution in [0.15, 0.2) is 41.4 Å². The lowest BCUT2D eigenvalue weighted by molar-refractivity contribution is 0.213. The highest BCUT2D eigenvalue weighted by molar-refractivity contribution is 6.32. The zero-order chi connectivity index (χ0) is 21.9. The largest absolute Gasteiger partial charge is 0.493 e. The van der Waals surface area contributed by atoms with E-state index < -0.39 is 0 Å². The molecule has 0 amide bonds. The maximum absolute atomic E-state index is 6.34. The minimum atomic E-state index is -0.0973. The van der Waals surface area contributed by atoms with Gasteiger partial charge in [-0.05, 0) is 43.7 Å². The molecule has 2 aromatic rings. The summed E-state index contributed by atoms with van der Waals surface area (Å²) in [7, 11) is 4.93. The van der Waals surface area contributed by atoms with Crippen molar-refractivity contribution in [1.82, 2.24) is 10.6 Å². The van der Waals surface area contributed by atoms with Crippen molar-refractivity contribution < 1.29 is 18.9 Å². The van der Waals surface area contributed by atoms with E-state index in [-0.39, 0.29) is 6.10 Å². The summed E-state index contributed by atoms with van der Waals surface area (Å²) in [5, 5.41) is 7.03. The summed E-state index contributed by atoms with van der Waals surface area (Å²) in [4.78, 5) is 4.25. The van der Waals surface area contributed by atoms with Crippen LogP contribution in [-0.4, -0.2) is 46.5 Å². The van der Waals surface area contributed by atoms with Gasteiger partial charge in [-0.1, -0.05) is 23.7 Å². The van der Waals surface area contributed by atoms with Gasteiger partial charge >= 0.3 is 0 Å². The van der Waals surface area contributed by atoms with Crippen LogP contribution in [0.3, 0.4) is 0 Å². The number of ether oxygens (including phenoxy) is 4. The van der Waals surface area contributed by atoms with Gasteiger partial charge in [0.25, 0.3) is 0 Å². The van der Waals surface area contributed by atoms with E-state index >= 15 is 0 Å². The van der Waals surface area contributed by atoms with Gasteiger partial charge in [0.1, 0.15) is 6.10 Å². The van der Waals surface area contributed by atoms with Gasteiger partial charge in [0.05, 0.1) is 32.4 Å². The molecule has 0 radical (unpaired) electrons. The molecule has 0 fully saturated rings. The number of halogens is 1. The normalized spacial score (nSPS) is 12.1. The Balaban J connectivity index is 1.91. The van der Waals surface area contributed by atoms with Gasteiger partial charge in [0, 0.05) is 13.6 Å². The molecule has 0 saturated heterocycles. The molecule has 1 unspecified atom stereocenters. The lowest BCUT2D eigenvalue weighted by Gasteiger charge is -2.19. The van der Waals surface area contributed by atoms with E-state index in [1.54, 1.807) is 21.3 Å². The predicted molar refractivity (Wildman–Crippen MR) is 120 cm³/mol. The third-order valence-corrected chi connectivity index (χ3v) is 4.50. The van der Waals surface area contributed by atoms with Gasteiger partial charge in [-0.15, -0.1) is 0 Å². The Morgan fingerprint density at radius 2 is 1.77 bits per heavy atom. The number of benzene rings is 2. The van der Waals surface area contributed by atoms with Gasteiger partial charge in [-0.3, -0.25) is 4.99 Å². The van der Waals surface area contributed by atoms with Gasteiger partial charge in [-0.2, -0.15) is 0 Å². The molecule has 8 heteroatoms. The van der Waals surface area contributed by atoms with Gasteiger partial charge < -0.3 is 29.6 Å². The summed E-state index contributed by atoms with van der Waals surface area (Å²) in [5.74, 6) is 3.20. The zero-order valence-corrected chi connectivity index (χ0v) is 18.9. The number of para-hydroxylation sites is 2. The Labute approximate surface area is 183 Å². The quantitative estimate of drug-likeness (QED) is 0.435. The van der Waals surface area contributed by atoms with Crippen LogP contribution in [0.2, 0.25) is 5.02 Å². The summed E-state index contributed by atoms with van der Waals surface area (Å²) in [6, 6.07) is 11.3. The van der Waals surface area contributed by atoms with Crippen molar-refractivity contribution in [2.24, 2.45) is 4.99 Å². The van der Waals surface area contributed by atoms with Crippen molar-refractivity contribution >= 4 is 17.6 Å². The van der Waals surface area contributed by atoms with Crippen molar-refractivity contribution in [2.75, 3.05) is 34.4 Å². The second kappa shape index (κ2) is 12.0. The second-order valence-electron chi connectivity index (χ2n) is 6.43. The summed E-state index contributed by atoms with van der Waals surface area (Å²) in [6.07, 6.45) is -0.0973. The maximum Gasteiger partial charge on any atom is 0.191 e. The van der Waals surface area contributed by atoms with E-state index in [0.29, 0.717) is 53.7 Å². The lowest BCUT2D eigenvalue weighted by Crippen LogP contribution is -2.41. The first-order valence-corrected chi connectivity index (χ1v) is 10.1. The summed E-state index contributed by atoms with van der Waals surface area (Å²) >= 11 is 6.34. The first kappa shape index (κ1) is 23.5. The topological polar surface area (TPSA) is 73.3 Å². The van der Waals surface area contributed by atoms with Crippen LogP contribution in [-0.2, 0) is 6.54 Å². The number of hydrogen-bond donors (Lipinski definition) is 2. The smallest absolute Gasteiger partial charge is 0.191 e. The van der Waals surface area contributed by atoms with E-state index in [1.165, 1.54) is 0 Å². The maximum atomic E-state index is 6.34. The van der Waals surface area contributed by atoms with Gasteiger partial charge in [0.15, 0.2) is 29.0 Å². The van der Waals surface area contributed by atoms with Crippen molar-refractivity contribution in [1.29, 1.82) is 0 Å². The molecule has 0 heterocycles. The minimum absolute atomic E-state index is 0.0973.